The van der Waals surface area contributed by atoms with E-state index in [0.717, 1.165) is 12.8 Å². The second-order valence-electron chi connectivity index (χ2n) is 6.95. The number of carbonyl (C=O) groups is 2. The van der Waals surface area contributed by atoms with Gasteiger partial charge in [0.15, 0.2) is 5.78 Å². The Labute approximate surface area is 141 Å². The number of amides is 1. The van der Waals surface area contributed by atoms with Crippen molar-refractivity contribution in [3.05, 3.63) is 11.9 Å². The Morgan fingerprint density at radius 1 is 1.38 bits per heavy atom. The van der Waals surface area contributed by atoms with Crippen LogP contribution in [0.2, 0.25) is 0 Å². The molecule has 8 nitrogen and oxygen atoms in total. The van der Waals surface area contributed by atoms with Crippen molar-refractivity contribution < 1.29 is 14.3 Å². The molecular formula is C16H25N5O3. The number of Topliss-reactive ketones (excluding diaryl/α,β-unsaturated/α-hetero) is 1. The number of rotatable bonds is 3. The molecule has 0 spiro atoms. The fourth-order valence-electron chi connectivity index (χ4n) is 2.64. The van der Waals surface area contributed by atoms with Crippen molar-refractivity contribution in [3.8, 4) is 0 Å². The number of piperidine rings is 1. The molecular weight excluding hydrogens is 310 g/mol. The Morgan fingerprint density at radius 2 is 2.08 bits per heavy atom. The van der Waals surface area contributed by atoms with E-state index in [-0.39, 0.29) is 29.3 Å². The number of ether oxygens (including phenoxy) is 1. The summed E-state index contributed by atoms with van der Waals surface area (Å²) in [7, 11) is 0. The number of nitrogens with one attached hydrogen (secondary N) is 1. The zero-order chi connectivity index (χ0) is 17.9. The Bertz CT molecular complexity index is 627. The van der Waals surface area contributed by atoms with Crippen LogP contribution in [0.25, 0.3) is 0 Å². The molecule has 1 fully saturated rings. The van der Waals surface area contributed by atoms with Crippen LogP contribution in [0.3, 0.4) is 0 Å². The van der Waals surface area contributed by atoms with Gasteiger partial charge in [0.05, 0.1) is 0 Å². The van der Waals surface area contributed by atoms with Crippen LogP contribution in [-0.4, -0.2) is 51.5 Å². The van der Waals surface area contributed by atoms with E-state index < -0.39 is 5.60 Å². The normalized spacial score (nSPS) is 18.2. The molecule has 0 bridgehead atoms. The highest BCUT2D eigenvalue weighted by molar-refractivity contribution is 6.02. The monoisotopic (exact) mass is 335 g/mol. The number of hydrogen-bond donors (Lipinski definition) is 2. The minimum Gasteiger partial charge on any atom is -0.444 e. The molecule has 0 saturated carbocycles. The van der Waals surface area contributed by atoms with Crippen LogP contribution in [0.15, 0.2) is 6.33 Å². The molecule has 2 rings (SSSR count). The first-order valence-corrected chi connectivity index (χ1v) is 8.03. The molecule has 132 valence electrons. The largest absolute Gasteiger partial charge is 0.444 e. The molecule has 1 aromatic rings. The first-order valence-electron chi connectivity index (χ1n) is 8.03. The highest BCUT2D eigenvalue weighted by Crippen LogP contribution is 2.22. The Kier molecular flexibility index (Phi) is 5.26. The average molecular weight is 335 g/mol. The topological polar surface area (TPSA) is 110 Å². The molecule has 1 aliphatic rings. The molecule has 1 unspecified atom stereocenters. The highest BCUT2D eigenvalue weighted by Gasteiger charge is 2.28. The SMILES string of the molecule is CC(=O)c1c(N)ncnc1NC1CCCN(C(=O)OC(C)(C)C)C1. The van der Waals surface area contributed by atoms with Gasteiger partial charge in [0.2, 0.25) is 0 Å². The number of nitrogens with two attached hydrogens (primary N) is 1. The maximum Gasteiger partial charge on any atom is 0.410 e. The van der Waals surface area contributed by atoms with E-state index in [0.29, 0.717) is 18.9 Å². The Morgan fingerprint density at radius 3 is 2.71 bits per heavy atom. The fraction of sp³-hybridized carbons (Fsp3) is 0.625. The standard InChI is InChI=1S/C16H25N5O3/c1-10(22)12-13(17)18-9-19-14(12)20-11-6-5-7-21(8-11)15(23)24-16(2,3)4/h9,11H,5-8H2,1-4H3,(H3,17,18,19,20). The summed E-state index contributed by atoms with van der Waals surface area (Å²) >= 11 is 0. The first kappa shape index (κ1) is 18.0. The lowest BCUT2D eigenvalue weighted by atomic mass is 10.1. The van der Waals surface area contributed by atoms with Crippen molar-refractivity contribution >= 4 is 23.5 Å². The van der Waals surface area contributed by atoms with Gasteiger partial charge < -0.3 is 20.7 Å². The van der Waals surface area contributed by atoms with Gasteiger partial charge in [0, 0.05) is 19.1 Å². The number of likely N-dealkylation sites (tertiary alicyclic amines) is 1. The smallest absolute Gasteiger partial charge is 0.410 e. The van der Waals surface area contributed by atoms with Crippen LogP contribution in [-0.2, 0) is 4.74 Å². The summed E-state index contributed by atoms with van der Waals surface area (Å²) in [5.41, 5.74) is 5.53. The third-order valence-corrected chi connectivity index (χ3v) is 3.64. The van der Waals surface area contributed by atoms with Gasteiger partial charge in [-0.1, -0.05) is 0 Å². The van der Waals surface area contributed by atoms with Crippen LogP contribution < -0.4 is 11.1 Å². The summed E-state index contributed by atoms with van der Waals surface area (Å²) in [6.45, 7) is 8.08. The van der Waals surface area contributed by atoms with Crippen molar-refractivity contribution in [3.63, 3.8) is 0 Å². The minimum atomic E-state index is -0.527. The number of aromatic nitrogens is 2. The van der Waals surface area contributed by atoms with Gasteiger partial charge in [-0.05, 0) is 40.5 Å². The fourth-order valence-corrected chi connectivity index (χ4v) is 2.64. The van der Waals surface area contributed by atoms with Gasteiger partial charge in [-0.3, -0.25) is 4.79 Å². The summed E-state index contributed by atoms with van der Waals surface area (Å²) in [6, 6.07) is -0.0290. The third kappa shape index (κ3) is 4.56. The number of carbonyl (C=O) groups excluding carboxylic acids is 2. The molecule has 1 aliphatic heterocycles. The predicted molar refractivity (Wildman–Crippen MR) is 90.9 cm³/mol. The number of ketones is 1. The van der Waals surface area contributed by atoms with Crippen LogP contribution in [0.5, 0.6) is 0 Å². The van der Waals surface area contributed by atoms with Gasteiger partial charge in [0.25, 0.3) is 0 Å². The molecule has 1 amide bonds. The summed E-state index contributed by atoms with van der Waals surface area (Å²) in [4.78, 5) is 33.6. The predicted octanol–water partition coefficient (Wildman–Crippen LogP) is 2.07. The molecule has 8 heteroatoms. The molecule has 1 aromatic heterocycles. The Balaban J connectivity index is 2.08. The average Bonchev–Trinajstić information content (AvgIpc) is 2.45. The summed E-state index contributed by atoms with van der Waals surface area (Å²) < 4.78 is 5.42. The van der Waals surface area contributed by atoms with Gasteiger partial charge in [-0.2, -0.15) is 0 Å². The van der Waals surface area contributed by atoms with Crippen LogP contribution in [0, 0.1) is 0 Å². The third-order valence-electron chi connectivity index (χ3n) is 3.64. The van der Waals surface area contributed by atoms with E-state index >= 15 is 0 Å². The van der Waals surface area contributed by atoms with Crippen LogP contribution in [0.4, 0.5) is 16.4 Å². The molecule has 0 aromatic carbocycles. The molecule has 0 radical (unpaired) electrons. The number of nitrogens with zero attached hydrogens (tertiary/aromatic N) is 3. The van der Waals surface area contributed by atoms with E-state index in [1.165, 1.54) is 13.3 Å². The van der Waals surface area contributed by atoms with E-state index in [1.807, 2.05) is 20.8 Å². The molecule has 3 N–H and O–H groups in total. The second-order valence-corrected chi connectivity index (χ2v) is 6.95. The maximum atomic E-state index is 12.2. The zero-order valence-electron chi connectivity index (χ0n) is 14.6. The van der Waals surface area contributed by atoms with Crippen molar-refractivity contribution in [2.45, 2.75) is 52.2 Å². The van der Waals surface area contributed by atoms with Crippen molar-refractivity contribution in [1.82, 2.24) is 14.9 Å². The van der Waals surface area contributed by atoms with Crippen LogP contribution >= 0.6 is 0 Å². The van der Waals surface area contributed by atoms with Gasteiger partial charge in [0.1, 0.15) is 29.1 Å². The number of nitrogen functional groups attached to an aromatic ring is 1. The van der Waals surface area contributed by atoms with Crippen molar-refractivity contribution in [2.24, 2.45) is 0 Å². The van der Waals surface area contributed by atoms with Gasteiger partial charge in [-0.25, -0.2) is 14.8 Å². The van der Waals surface area contributed by atoms with E-state index in [2.05, 4.69) is 15.3 Å². The minimum absolute atomic E-state index is 0.0290. The lowest BCUT2D eigenvalue weighted by Gasteiger charge is -2.34. The zero-order valence-corrected chi connectivity index (χ0v) is 14.6. The number of anilines is 2. The lowest BCUT2D eigenvalue weighted by molar-refractivity contribution is 0.0206. The molecule has 2 heterocycles. The molecule has 0 aliphatic carbocycles. The number of hydrogen-bond acceptors (Lipinski definition) is 7. The van der Waals surface area contributed by atoms with E-state index in [9.17, 15) is 9.59 Å². The molecule has 24 heavy (non-hydrogen) atoms. The highest BCUT2D eigenvalue weighted by atomic mass is 16.6. The molecule has 1 saturated heterocycles. The second kappa shape index (κ2) is 7.02. The summed E-state index contributed by atoms with van der Waals surface area (Å²) in [5, 5.41) is 3.22. The van der Waals surface area contributed by atoms with Crippen molar-refractivity contribution in [1.29, 1.82) is 0 Å². The van der Waals surface area contributed by atoms with Gasteiger partial charge >= 0.3 is 6.09 Å². The summed E-state index contributed by atoms with van der Waals surface area (Å²) in [5.74, 6) is 0.362. The van der Waals surface area contributed by atoms with Crippen LogP contribution in [0.1, 0.15) is 50.9 Å². The maximum absolute atomic E-state index is 12.2. The van der Waals surface area contributed by atoms with E-state index in [1.54, 1.807) is 4.90 Å². The van der Waals surface area contributed by atoms with E-state index in [4.69, 9.17) is 10.5 Å². The van der Waals surface area contributed by atoms with Gasteiger partial charge in [-0.15, -0.1) is 0 Å². The quantitative estimate of drug-likeness (QED) is 0.813. The summed E-state index contributed by atoms with van der Waals surface area (Å²) in [6.07, 6.45) is 2.69. The molecule has 1 atom stereocenters. The lowest BCUT2D eigenvalue weighted by Crippen LogP contribution is -2.47. The Hall–Kier alpha value is -2.38. The van der Waals surface area contributed by atoms with Crippen molar-refractivity contribution in [2.75, 3.05) is 24.1 Å². The first-order chi connectivity index (χ1) is 11.2.